The number of thiazole rings is 1. The molecule has 1 heterocycles. The fourth-order valence-electron chi connectivity index (χ4n) is 2.02. The number of ether oxygens (including phenoxy) is 1. The maximum atomic E-state index is 5.69. The minimum Gasteiger partial charge on any atom is -0.494 e. The second-order valence-electron chi connectivity index (χ2n) is 4.34. The van der Waals surface area contributed by atoms with E-state index in [-0.39, 0.29) is 0 Å². The first-order chi connectivity index (χ1) is 8.61. The van der Waals surface area contributed by atoms with Crippen molar-refractivity contribution >= 4 is 16.5 Å². The fourth-order valence-corrected chi connectivity index (χ4v) is 2.88. The first kappa shape index (κ1) is 12.9. The summed E-state index contributed by atoms with van der Waals surface area (Å²) in [4.78, 5) is 5.23. The SMILES string of the molecule is CCCOc1cc(C)c(-c2cnc(N)s2)c(C)c1. The van der Waals surface area contributed by atoms with Gasteiger partial charge in [-0.1, -0.05) is 18.3 Å². The van der Waals surface area contributed by atoms with Crippen LogP contribution in [0.3, 0.4) is 0 Å². The lowest BCUT2D eigenvalue weighted by molar-refractivity contribution is 0.317. The van der Waals surface area contributed by atoms with E-state index in [9.17, 15) is 0 Å². The molecule has 0 saturated heterocycles. The molecule has 0 radical (unpaired) electrons. The number of rotatable bonds is 4. The summed E-state index contributed by atoms with van der Waals surface area (Å²) in [6, 6.07) is 4.15. The molecule has 1 aromatic carbocycles. The molecule has 96 valence electrons. The van der Waals surface area contributed by atoms with E-state index in [2.05, 4.69) is 37.9 Å². The van der Waals surface area contributed by atoms with Crippen molar-refractivity contribution < 1.29 is 4.74 Å². The maximum absolute atomic E-state index is 5.69. The number of nitrogen functional groups attached to an aromatic ring is 1. The van der Waals surface area contributed by atoms with Crippen LogP contribution in [0.4, 0.5) is 5.13 Å². The molecule has 0 aliphatic rings. The molecular weight excluding hydrogens is 244 g/mol. The Bertz CT molecular complexity index is 525. The highest BCUT2D eigenvalue weighted by Gasteiger charge is 2.10. The molecule has 0 saturated carbocycles. The molecular formula is C14H18N2OS. The number of benzene rings is 1. The van der Waals surface area contributed by atoms with Crippen LogP contribution in [0, 0.1) is 13.8 Å². The smallest absolute Gasteiger partial charge is 0.180 e. The summed E-state index contributed by atoms with van der Waals surface area (Å²) < 4.78 is 5.68. The number of hydrogen-bond donors (Lipinski definition) is 1. The van der Waals surface area contributed by atoms with Gasteiger partial charge in [0.1, 0.15) is 5.75 Å². The van der Waals surface area contributed by atoms with Crippen molar-refractivity contribution in [2.45, 2.75) is 27.2 Å². The van der Waals surface area contributed by atoms with Crippen molar-refractivity contribution in [1.29, 1.82) is 0 Å². The van der Waals surface area contributed by atoms with Gasteiger partial charge >= 0.3 is 0 Å². The molecule has 0 amide bonds. The largest absolute Gasteiger partial charge is 0.494 e. The number of anilines is 1. The van der Waals surface area contributed by atoms with Crippen LogP contribution in [0.25, 0.3) is 10.4 Å². The Hall–Kier alpha value is -1.55. The minimum absolute atomic E-state index is 0.607. The number of aromatic nitrogens is 1. The Morgan fingerprint density at radius 1 is 1.28 bits per heavy atom. The Balaban J connectivity index is 2.38. The highest BCUT2D eigenvalue weighted by molar-refractivity contribution is 7.18. The molecule has 0 unspecified atom stereocenters. The molecule has 2 aromatic rings. The highest BCUT2D eigenvalue weighted by Crippen LogP contribution is 2.35. The van der Waals surface area contributed by atoms with Gasteiger partial charge in [-0.15, -0.1) is 0 Å². The minimum atomic E-state index is 0.607. The zero-order chi connectivity index (χ0) is 13.1. The Morgan fingerprint density at radius 2 is 1.94 bits per heavy atom. The standard InChI is InChI=1S/C14H18N2OS/c1-4-5-17-11-6-9(2)13(10(3)7-11)12-8-16-14(15)18-12/h6-8H,4-5H2,1-3H3,(H2,15,16). The van der Waals surface area contributed by atoms with E-state index in [1.54, 1.807) is 0 Å². The average Bonchev–Trinajstić information content (AvgIpc) is 2.72. The molecule has 0 bridgehead atoms. The normalized spacial score (nSPS) is 10.6. The first-order valence-corrected chi connectivity index (χ1v) is 6.89. The summed E-state index contributed by atoms with van der Waals surface area (Å²) in [7, 11) is 0. The average molecular weight is 262 g/mol. The quantitative estimate of drug-likeness (QED) is 0.911. The molecule has 4 heteroatoms. The molecule has 0 fully saturated rings. The van der Waals surface area contributed by atoms with Crippen LogP contribution in [0.2, 0.25) is 0 Å². The van der Waals surface area contributed by atoms with Gasteiger partial charge in [0.25, 0.3) is 0 Å². The van der Waals surface area contributed by atoms with Crippen molar-refractivity contribution in [3.63, 3.8) is 0 Å². The van der Waals surface area contributed by atoms with Crippen LogP contribution < -0.4 is 10.5 Å². The zero-order valence-electron chi connectivity index (χ0n) is 11.0. The Labute approximate surface area is 112 Å². The number of hydrogen-bond acceptors (Lipinski definition) is 4. The summed E-state index contributed by atoms with van der Waals surface area (Å²) in [5, 5.41) is 0.607. The molecule has 0 atom stereocenters. The molecule has 2 rings (SSSR count). The van der Waals surface area contributed by atoms with Crippen LogP contribution in [0.5, 0.6) is 5.75 Å². The van der Waals surface area contributed by atoms with Crippen LogP contribution in [0.15, 0.2) is 18.3 Å². The Morgan fingerprint density at radius 3 is 2.44 bits per heavy atom. The van der Waals surface area contributed by atoms with Gasteiger partial charge in [-0.2, -0.15) is 0 Å². The summed E-state index contributed by atoms with van der Waals surface area (Å²) >= 11 is 1.52. The third kappa shape index (κ3) is 2.64. The van der Waals surface area contributed by atoms with Gasteiger partial charge in [-0.3, -0.25) is 0 Å². The summed E-state index contributed by atoms with van der Waals surface area (Å²) in [6.45, 7) is 7.05. The summed E-state index contributed by atoms with van der Waals surface area (Å²) in [5.74, 6) is 0.938. The van der Waals surface area contributed by atoms with Crippen LogP contribution in [0.1, 0.15) is 24.5 Å². The van der Waals surface area contributed by atoms with Crippen LogP contribution in [-0.2, 0) is 0 Å². The lowest BCUT2D eigenvalue weighted by atomic mass is 10.0. The number of nitrogens with two attached hydrogens (primary N) is 1. The molecule has 0 aliphatic heterocycles. The predicted octanol–water partition coefficient (Wildman–Crippen LogP) is 3.80. The van der Waals surface area contributed by atoms with E-state index >= 15 is 0 Å². The van der Waals surface area contributed by atoms with Gasteiger partial charge in [0.2, 0.25) is 0 Å². The monoisotopic (exact) mass is 262 g/mol. The van der Waals surface area contributed by atoms with Gasteiger partial charge in [0.15, 0.2) is 5.13 Å². The molecule has 18 heavy (non-hydrogen) atoms. The van der Waals surface area contributed by atoms with Gasteiger partial charge in [0.05, 0.1) is 11.5 Å². The second-order valence-corrected chi connectivity index (χ2v) is 5.41. The third-order valence-corrected chi connectivity index (χ3v) is 3.59. The first-order valence-electron chi connectivity index (χ1n) is 6.07. The number of nitrogens with zero attached hydrogens (tertiary/aromatic N) is 1. The van der Waals surface area contributed by atoms with E-state index in [0.29, 0.717) is 5.13 Å². The second kappa shape index (κ2) is 5.40. The summed E-state index contributed by atoms with van der Waals surface area (Å²) in [6.07, 6.45) is 2.85. The van der Waals surface area contributed by atoms with Crippen molar-refractivity contribution in [3.05, 3.63) is 29.5 Å². The zero-order valence-corrected chi connectivity index (χ0v) is 11.8. The molecule has 1 aromatic heterocycles. The van der Waals surface area contributed by atoms with Gasteiger partial charge in [0, 0.05) is 6.20 Å². The van der Waals surface area contributed by atoms with Gasteiger partial charge in [-0.05, 0) is 49.1 Å². The maximum Gasteiger partial charge on any atom is 0.180 e. The summed E-state index contributed by atoms with van der Waals surface area (Å²) in [5.41, 5.74) is 9.31. The topological polar surface area (TPSA) is 48.1 Å². The van der Waals surface area contributed by atoms with Crippen molar-refractivity contribution in [3.8, 4) is 16.2 Å². The van der Waals surface area contributed by atoms with E-state index in [1.807, 2.05) is 6.20 Å². The molecule has 0 spiro atoms. The van der Waals surface area contributed by atoms with E-state index in [0.717, 1.165) is 23.7 Å². The number of aryl methyl sites for hydroxylation is 2. The van der Waals surface area contributed by atoms with Crippen LogP contribution in [-0.4, -0.2) is 11.6 Å². The van der Waals surface area contributed by atoms with Gasteiger partial charge in [-0.25, -0.2) is 4.98 Å². The van der Waals surface area contributed by atoms with Crippen LogP contribution >= 0.6 is 11.3 Å². The molecule has 3 nitrogen and oxygen atoms in total. The van der Waals surface area contributed by atoms with Crippen molar-refractivity contribution in [1.82, 2.24) is 4.98 Å². The highest BCUT2D eigenvalue weighted by atomic mass is 32.1. The lowest BCUT2D eigenvalue weighted by Gasteiger charge is -2.11. The lowest BCUT2D eigenvalue weighted by Crippen LogP contribution is -1.97. The fraction of sp³-hybridized carbons (Fsp3) is 0.357. The van der Waals surface area contributed by atoms with E-state index < -0.39 is 0 Å². The molecule has 2 N–H and O–H groups in total. The molecule has 0 aliphatic carbocycles. The third-order valence-electron chi connectivity index (χ3n) is 2.75. The van der Waals surface area contributed by atoms with Crippen molar-refractivity contribution in [2.24, 2.45) is 0 Å². The van der Waals surface area contributed by atoms with E-state index in [4.69, 9.17) is 10.5 Å². The van der Waals surface area contributed by atoms with Crippen molar-refractivity contribution in [2.75, 3.05) is 12.3 Å². The van der Waals surface area contributed by atoms with E-state index in [1.165, 1.54) is 28.0 Å². The predicted molar refractivity (Wildman–Crippen MR) is 77.2 cm³/mol. The van der Waals surface area contributed by atoms with Gasteiger partial charge < -0.3 is 10.5 Å². The Kier molecular flexibility index (Phi) is 3.87.